The summed E-state index contributed by atoms with van der Waals surface area (Å²) in [5.74, 6) is -0.269. The highest BCUT2D eigenvalue weighted by Gasteiger charge is 2.12. The van der Waals surface area contributed by atoms with Crippen LogP contribution in [0.25, 0.3) is 16.9 Å². The number of alkyl halides is 2. The van der Waals surface area contributed by atoms with E-state index in [9.17, 15) is 13.2 Å². The van der Waals surface area contributed by atoms with Crippen LogP contribution in [0.1, 0.15) is 5.56 Å². The fourth-order valence-corrected chi connectivity index (χ4v) is 2.91. The van der Waals surface area contributed by atoms with Gasteiger partial charge in [-0.1, -0.05) is 18.2 Å². The lowest BCUT2D eigenvalue weighted by atomic mass is 10.1. The normalized spacial score (nSPS) is 11.2. The molecule has 0 aliphatic heterocycles. The molecule has 3 aromatic carbocycles. The van der Waals surface area contributed by atoms with Gasteiger partial charge >= 0.3 is 6.61 Å². The zero-order valence-electron chi connectivity index (χ0n) is 16.1. The quantitative estimate of drug-likeness (QED) is 0.306. The van der Waals surface area contributed by atoms with Gasteiger partial charge in [0.05, 0.1) is 17.6 Å². The number of halogens is 3. The topological polar surface area (TPSA) is 51.4 Å². The number of para-hydroxylation sites is 1. The zero-order chi connectivity index (χ0) is 21.6. The molecule has 4 aromatic rings. The SMILES string of the molecule is Fc1ccc(NN=Cc2cn(-c3ccccc3)nc2-c2ccc(OC(F)F)cc2)cc1. The Bertz CT molecular complexity index is 1160. The third-order valence-electron chi connectivity index (χ3n) is 4.36. The average molecular weight is 422 g/mol. The molecule has 1 N–H and O–H groups in total. The number of nitrogens with one attached hydrogen (secondary N) is 1. The minimum Gasteiger partial charge on any atom is -0.435 e. The number of anilines is 1. The van der Waals surface area contributed by atoms with E-state index in [1.54, 1.807) is 35.2 Å². The lowest BCUT2D eigenvalue weighted by Crippen LogP contribution is -2.01. The zero-order valence-corrected chi connectivity index (χ0v) is 16.1. The first kappa shape index (κ1) is 20.2. The summed E-state index contributed by atoms with van der Waals surface area (Å²) in [6.07, 6.45) is 3.40. The number of ether oxygens (including phenoxy) is 1. The number of rotatable bonds is 7. The Morgan fingerprint density at radius 3 is 2.32 bits per heavy atom. The number of aromatic nitrogens is 2. The van der Waals surface area contributed by atoms with E-state index in [2.05, 4.69) is 20.4 Å². The molecule has 156 valence electrons. The van der Waals surface area contributed by atoms with Gasteiger partial charge in [0.25, 0.3) is 0 Å². The Morgan fingerprint density at radius 2 is 1.65 bits per heavy atom. The van der Waals surface area contributed by atoms with Gasteiger partial charge in [0.2, 0.25) is 0 Å². The number of hydrogen-bond donors (Lipinski definition) is 1. The summed E-state index contributed by atoms with van der Waals surface area (Å²) in [5, 5.41) is 8.85. The molecule has 8 heteroatoms. The van der Waals surface area contributed by atoms with Crippen molar-refractivity contribution in [3.05, 3.63) is 96.4 Å². The summed E-state index contributed by atoms with van der Waals surface area (Å²) in [6, 6.07) is 21.6. The molecular weight excluding hydrogens is 405 g/mol. The minimum absolute atomic E-state index is 0.0643. The Kier molecular flexibility index (Phi) is 5.98. The molecule has 1 heterocycles. The summed E-state index contributed by atoms with van der Waals surface area (Å²) in [5.41, 5.74) is 6.33. The summed E-state index contributed by atoms with van der Waals surface area (Å²) in [7, 11) is 0. The van der Waals surface area contributed by atoms with E-state index in [0.717, 1.165) is 5.69 Å². The van der Waals surface area contributed by atoms with Gasteiger partial charge in [-0.2, -0.15) is 19.0 Å². The van der Waals surface area contributed by atoms with Crippen LogP contribution in [0.2, 0.25) is 0 Å². The fraction of sp³-hybridized carbons (Fsp3) is 0.0435. The summed E-state index contributed by atoms with van der Waals surface area (Å²) in [6.45, 7) is -2.89. The van der Waals surface area contributed by atoms with Gasteiger partial charge in [-0.3, -0.25) is 5.43 Å². The van der Waals surface area contributed by atoms with Crippen LogP contribution in [0.5, 0.6) is 5.75 Å². The van der Waals surface area contributed by atoms with Gasteiger partial charge in [0.1, 0.15) is 17.3 Å². The van der Waals surface area contributed by atoms with Crippen LogP contribution in [-0.4, -0.2) is 22.6 Å². The van der Waals surface area contributed by atoms with Gasteiger partial charge in [-0.05, 0) is 60.7 Å². The van der Waals surface area contributed by atoms with E-state index in [0.29, 0.717) is 22.5 Å². The van der Waals surface area contributed by atoms with Gasteiger partial charge in [0.15, 0.2) is 0 Å². The van der Waals surface area contributed by atoms with Crippen molar-refractivity contribution in [3.63, 3.8) is 0 Å². The van der Waals surface area contributed by atoms with Gasteiger partial charge < -0.3 is 4.74 Å². The van der Waals surface area contributed by atoms with E-state index in [1.165, 1.54) is 24.3 Å². The molecule has 31 heavy (non-hydrogen) atoms. The smallest absolute Gasteiger partial charge is 0.387 e. The molecule has 0 atom stereocenters. The molecule has 0 unspecified atom stereocenters. The third kappa shape index (κ3) is 5.11. The van der Waals surface area contributed by atoms with Crippen molar-refractivity contribution in [2.24, 2.45) is 5.10 Å². The van der Waals surface area contributed by atoms with E-state index in [-0.39, 0.29) is 11.6 Å². The largest absolute Gasteiger partial charge is 0.435 e. The predicted octanol–water partition coefficient (Wildman–Crippen LogP) is 5.73. The molecule has 0 amide bonds. The Morgan fingerprint density at radius 1 is 0.935 bits per heavy atom. The molecule has 0 saturated heterocycles. The Balaban J connectivity index is 1.64. The van der Waals surface area contributed by atoms with E-state index in [1.807, 2.05) is 36.5 Å². The molecule has 0 bridgehead atoms. The van der Waals surface area contributed by atoms with Gasteiger partial charge in [-0.25, -0.2) is 9.07 Å². The monoisotopic (exact) mass is 422 g/mol. The minimum atomic E-state index is -2.89. The third-order valence-corrected chi connectivity index (χ3v) is 4.36. The van der Waals surface area contributed by atoms with E-state index >= 15 is 0 Å². The van der Waals surface area contributed by atoms with Crippen molar-refractivity contribution in [1.29, 1.82) is 0 Å². The number of nitrogens with zero attached hydrogens (tertiary/aromatic N) is 3. The first-order valence-corrected chi connectivity index (χ1v) is 9.33. The highest BCUT2D eigenvalue weighted by atomic mass is 19.3. The second kappa shape index (κ2) is 9.17. The molecule has 0 aliphatic carbocycles. The van der Waals surface area contributed by atoms with Crippen LogP contribution in [0.3, 0.4) is 0 Å². The number of hydrogen-bond acceptors (Lipinski definition) is 4. The van der Waals surface area contributed by atoms with Crippen LogP contribution in [0.4, 0.5) is 18.9 Å². The number of benzene rings is 3. The summed E-state index contributed by atoms with van der Waals surface area (Å²) < 4.78 is 44.0. The average Bonchev–Trinajstić information content (AvgIpc) is 3.20. The maximum atomic E-state index is 13.0. The van der Waals surface area contributed by atoms with Crippen molar-refractivity contribution in [2.45, 2.75) is 6.61 Å². The maximum Gasteiger partial charge on any atom is 0.387 e. The van der Waals surface area contributed by atoms with Crippen LogP contribution >= 0.6 is 0 Å². The van der Waals surface area contributed by atoms with E-state index in [4.69, 9.17) is 0 Å². The second-order valence-electron chi connectivity index (χ2n) is 6.49. The van der Waals surface area contributed by atoms with Crippen molar-refractivity contribution in [3.8, 4) is 22.7 Å². The molecule has 1 aromatic heterocycles. The molecule has 0 radical (unpaired) electrons. The fourth-order valence-electron chi connectivity index (χ4n) is 2.91. The lowest BCUT2D eigenvalue weighted by molar-refractivity contribution is -0.0498. The highest BCUT2D eigenvalue weighted by Crippen LogP contribution is 2.25. The van der Waals surface area contributed by atoms with Crippen LogP contribution in [0, 0.1) is 5.82 Å². The standard InChI is InChI=1S/C23H17F3N4O/c24-18-8-10-19(11-9-18)28-27-14-17-15-30(20-4-2-1-3-5-20)29-22(17)16-6-12-21(13-7-16)31-23(25)26/h1-15,23,28H. The molecule has 0 aliphatic rings. The molecule has 0 saturated carbocycles. The first-order chi connectivity index (χ1) is 15.1. The number of hydrazone groups is 1. The Hall–Kier alpha value is -4.07. The van der Waals surface area contributed by atoms with Crippen molar-refractivity contribution in [2.75, 3.05) is 5.43 Å². The van der Waals surface area contributed by atoms with Crippen LogP contribution < -0.4 is 10.2 Å². The molecule has 0 spiro atoms. The highest BCUT2D eigenvalue weighted by molar-refractivity contribution is 5.89. The Labute approximate surface area is 176 Å². The second-order valence-corrected chi connectivity index (χ2v) is 6.49. The molecule has 0 fully saturated rings. The predicted molar refractivity (Wildman–Crippen MR) is 113 cm³/mol. The van der Waals surface area contributed by atoms with E-state index < -0.39 is 6.61 Å². The molecule has 5 nitrogen and oxygen atoms in total. The summed E-state index contributed by atoms with van der Waals surface area (Å²) in [4.78, 5) is 0. The van der Waals surface area contributed by atoms with Gasteiger partial charge in [0, 0.05) is 17.3 Å². The lowest BCUT2D eigenvalue weighted by Gasteiger charge is -2.05. The molecule has 4 rings (SSSR count). The van der Waals surface area contributed by atoms with Crippen molar-refractivity contribution in [1.82, 2.24) is 9.78 Å². The summed E-state index contributed by atoms with van der Waals surface area (Å²) >= 11 is 0. The van der Waals surface area contributed by atoms with Crippen LogP contribution in [-0.2, 0) is 0 Å². The van der Waals surface area contributed by atoms with Crippen LogP contribution in [0.15, 0.2) is 90.2 Å². The van der Waals surface area contributed by atoms with Crippen molar-refractivity contribution < 1.29 is 17.9 Å². The van der Waals surface area contributed by atoms with Crippen molar-refractivity contribution >= 4 is 11.9 Å². The molecular formula is C23H17F3N4O. The maximum absolute atomic E-state index is 13.0. The van der Waals surface area contributed by atoms with Gasteiger partial charge in [-0.15, -0.1) is 0 Å². The first-order valence-electron chi connectivity index (χ1n) is 9.33.